The molecule has 1 rings (SSSR count). The Bertz CT molecular complexity index is 650. The van der Waals surface area contributed by atoms with Gasteiger partial charge in [-0.2, -0.15) is 0 Å². The fourth-order valence-corrected chi connectivity index (χ4v) is 3.17. The molecule has 0 amide bonds. The van der Waals surface area contributed by atoms with Crippen molar-refractivity contribution >= 4 is 16.9 Å². The van der Waals surface area contributed by atoms with Crippen molar-refractivity contribution in [3.05, 3.63) is 64.8 Å². The lowest BCUT2D eigenvalue weighted by Crippen LogP contribution is -1.94. The summed E-state index contributed by atoms with van der Waals surface area (Å²) in [7, 11) is 0. The predicted octanol–water partition coefficient (Wildman–Crippen LogP) is 6.68. The average Bonchev–Trinajstić information content (AvgIpc) is 2.54. The minimum Gasteiger partial charge on any atom is -0.507 e. The standard InChI is InChI=1S/C22H30O2S/c1-17(2)9-7-10-18(3)11-8-12-19(4)15-16-25-22(24)20-13-5-6-14-21(20)23/h5-6,9,11,13-15,23H,7-8,10,12,16H2,1-4H3. The maximum absolute atomic E-state index is 12.1. The molecule has 0 atom stereocenters. The Kier molecular flexibility index (Phi) is 10.0. The molecule has 2 nitrogen and oxygen atoms in total. The number of benzene rings is 1. The van der Waals surface area contributed by atoms with Crippen LogP contribution in [0.4, 0.5) is 0 Å². The van der Waals surface area contributed by atoms with E-state index in [2.05, 4.69) is 45.9 Å². The van der Waals surface area contributed by atoms with E-state index in [1.54, 1.807) is 24.3 Å². The smallest absolute Gasteiger partial charge is 0.223 e. The minimum atomic E-state index is -0.0860. The molecule has 1 N–H and O–H groups in total. The number of phenolic OH excluding ortho intramolecular Hbond substituents is 1. The number of carbonyl (C=O) groups excluding carboxylic acids is 1. The molecular formula is C22H30O2S. The molecule has 0 radical (unpaired) electrons. The molecule has 0 aliphatic heterocycles. The number of para-hydroxylation sites is 1. The number of carbonyl (C=O) groups is 1. The summed E-state index contributed by atoms with van der Waals surface area (Å²) in [5.74, 6) is 0.692. The summed E-state index contributed by atoms with van der Waals surface area (Å²) in [5.41, 5.74) is 4.50. The van der Waals surface area contributed by atoms with E-state index >= 15 is 0 Å². The number of aromatic hydroxyl groups is 1. The maximum atomic E-state index is 12.1. The first-order valence-electron chi connectivity index (χ1n) is 8.80. The Hall–Kier alpha value is -1.74. The zero-order valence-corrected chi connectivity index (χ0v) is 16.7. The first-order valence-corrected chi connectivity index (χ1v) is 9.78. The van der Waals surface area contributed by atoms with Crippen LogP contribution in [0.2, 0.25) is 0 Å². The van der Waals surface area contributed by atoms with Gasteiger partial charge in [-0.1, -0.05) is 58.8 Å². The molecule has 0 aliphatic carbocycles. The van der Waals surface area contributed by atoms with Gasteiger partial charge in [-0.25, -0.2) is 0 Å². The Morgan fingerprint density at radius 3 is 2.20 bits per heavy atom. The molecular weight excluding hydrogens is 328 g/mol. The highest BCUT2D eigenvalue weighted by Gasteiger charge is 2.09. The van der Waals surface area contributed by atoms with Gasteiger partial charge in [0.25, 0.3) is 0 Å². The molecule has 0 saturated carbocycles. The van der Waals surface area contributed by atoms with Gasteiger partial charge in [-0.05, 0) is 65.5 Å². The van der Waals surface area contributed by atoms with Crippen LogP contribution in [0.15, 0.2) is 59.2 Å². The SMILES string of the molecule is CC(C)=CCCC(C)=CCCC(C)=CCSC(=O)c1ccccc1O. The number of thioether (sulfide) groups is 1. The van der Waals surface area contributed by atoms with Crippen LogP contribution in [0.25, 0.3) is 0 Å². The van der Waals surface area contributed by atoms with Crippen LogP contribution < -0.4 is 0 Å². The Balaban J connectivity index is 2.33. The van der Waals surface area contributed by atoms with Crippen LogP contribution >= 0.6 is 11.8 Å². The van der Waals surface area contributed by atoms with E-state index in [1.807, 2.05) is 0 Å². The molecule has 0 spiro atoms. The van der Waals surface area contributed by atoms with Gasteiger partial charge in [0, 0.05) is 5.75 Å². The van der Waals surface area contributed by atoms with Crippen LogP contribution in [0.1, 0.15) is 63.7 Å². The topological polar surface area (TPSA) is 37.3 Å². The zero-order chi connectivity index (χ0) is 18.7. The quantitative estimate of drug-likeness (QED) is 0.500. The normalized spacial score (nSPS) is 12.2. The first-order chi connectivity index (χ1) is 11.9. The van der Waals surface area contributed by atoms with Gasteiger partial charge in [0.2, 0.25) is 5.12 Å². The molecule has 3 heteroatoms. The van der Waals surface area contributed by atoms with Crippen LogP contribution in [0.5, 0.6) is 5.75 Å². The summed E-state index contributed by atoms with van der Waals surface area (Å²) >= 11 is 1.23. The van der Waals surface area contributed by atoms with Gasteiger partial charge in [0.15, 0.2) is 0 Å². The molecule has 0 unspecified atom stereocenters. The van der Waals surface area contributed by atoms with Crippen molar-refractivity contribution in [2.75, 3.05) is 5.75 Å². The molecule has 0 aliphatic rings. The molecule has 0 fully saturated rings. The zero-order valence-electron chi connectivity index (χ0n) is 15.8. The van der Waals surface area contributed by atoms with Gasteiger partial charge < -0.3 is 5.11 Å². The second kappa shape index (κ2) is 11.8. The Morgan fingerprint density at radius 2 is 1.56 bits per heavy atom. The van der Waals surface area contributed by atoms with E-state index in [0.29, 0.717) is 11.3 Å². The summed E-state index contributed by atoms with van der Waals surface area (Å²) in [6.45, 7) is 8.57. The minimum absolute atomic E-state index is 0.0504. The van der Waals surface area contributed by atoms with Gasteiger partial charge in [0.05, 0.1) is 5.56 Å². The molecule has 1 aromatic carbocycles. The predicted molar refractivity (Wildman–Crippen MR) is 110 cm³/mol. The fourth-order valence-electron chi connectivity index (χ4n) is 2.32. The van der Waals surface area contributed by atoms with Crippen molar-refractivity contribution in [2.45, 2.75) is 53.4 Å². The largest absolute Gasteiger partial charge is 0.507 e. The lowest BCUT2D eigenvalue weighted by atomic mass is 10.1. The monoisotopic (exact) mass is 358 g/mol. The van der Waals surface area contributed by atoms with Crippen LogP contribution in [-0.2, 0) is 0 Å². The van der Waals surface area contributed by atoms with E-state index in [-0.39, 0.29) is 10.9 Å². The summed E-state index contributed by atoms with van der Waals surface area (Å²) in [6.07, 6.45) is 11.0. The van der Waals surface area contributed by atoms with Gasteiger partial charge >= 0.3 is 0 Å². The molecule has 1 aromatic rings. The number of allylic oxidation sites excluding steroid dienone is 5. The third-order valence-corrected chi connectivity index (χ3v) is 4.71. The lowest BCUT2D eigenvalue weighted by molar-refractivity contribution is 0.108. The second-order valence-corrected chi connectivity index (χ2v) is 7.57. The summed E-state index contributed by atoms with van der Waals surface area (Å²) in [6, 6.07) is 6.68. The van der Waals surface area contributed by atoms with Crippen LogP contribution in [0.3, 0.4) is 0 Å². The van der Waals surface area contributed by atoms with Gasteiger partial charge in [-0.15, -0.1) is 0 Å². The van der Waals surface area contributed by atoms with E-state index in [4.69, 9.17) is 0 Å². The third-order valence-electron chi connectivity index (χ3n) is 3.89. The first kappa shape index (κ1) is 21.3. The summed E-state index contributed by atoms with van der Waals surface area (Å²) < 4.78 is 0. The molecule has 0 aromatic heterocycles. The van der Waals surface area contributed by atoms with Gasteiger partial charge in [0.1, 0.15) is 5.75 Å². The molecule has 0 saturated heterocycles. The highest BCUT2D eigenvalue weighted by atomic mass is 32.2. The number of hydrogen-bond acceptors (Lipinski definition) is 3. The average molecular weight is 359 g/mol. The highest BCUT2D eigenvalue weighted by Crippen LogP contribution is 2.22. The van der Waals surface area contributed by atoms with Crippen molar-refractivity contribution in [1.29, 1.82) is 0 Å². The van der Waals surface area contributed by atoms with Crippen molar-refractivity contribution in [3.63, 3.8) is 0 Å². The van der Waals surface area contributed by atoms with E-state index < -0.39 is 0 Å². The molecule has 0 heterocycles. The maximum Gasteiger partial charge on any atom is 0.223 e. The number of phenols is 1. The Labute approximate surface area is 156 Å². The van der Waals surface area contributed by atoms with Gasteiger partial charge in [-0.3, -0.25) is 4.79 Å². The fraction of sp³-hybridized carbons (Fsp3) is 0.409. The van der Waals surface area contributed by atoms with Crippen molar-refractivity contribution in [1.82, 2.24) is 0 Å². The Morgan fingerprint density at radius 1 is 0.960 bits per heavy atom. The van der Waals surface area contributed by atoms with E-state index in [9.17, 15) is 9.90 Å². The van der Waals surface area contributed by atoms with Crippen LogP contribution in [0, 0.1) is 0 Å². The molecule has 136 valence electrons. The van der Waals surface area contributed by atoms with E-state index in [0.717, 1.165) is 25.7 Å². The summed E-state index contributed by atoms with van der Waals surface area (Å²) in [4.78, 5) is 12.1. The lowest BCUT2D eigenvalue weighted by Gasteiger charge is -2.03. The third kappa shape index (κ3) is 9.35. The summed E-state index contributed by atoms with van der Waals surface area (Å²) in [5, 5.41) is 9.60. The number of rotatable bonds is 9. The highest BCUT2D eigenvalue weighted by molar-refractivity contribution is 8.14. The molecule has 25 heavy (non-hydrogen) atoms. The van der Waals surface area contributed by atoms with Crippen molar-refractivity contribution in [3.8, 4) is 5.75 Å². The van der Waals surface area contributed by atoms with Crippen molar-refractivity contribution in [2.24, 2.45) is 0 Å². The van der Waals surface area contributed by atoms with Crippen LogP contribution in [-0.4, -0.2) is 16.0 Å². The van der Waals surface area contributed by atoms with Crippen molar-refractivity contribution < 1.29 is 9.90 Å². The van der Waals surface area contributed by atoms with E-state index in [1.165, 1.54) is 28.5 Å². The molecule has 0 bridgehead atoms. The number of hydrogen-bond donors (Lipinski definition) is 1. The second-order valence-electron chi connectivity index (χ2n) is 6.58.